The van der Waals surface area contributed by atoms with Crippen molar-refractivity contribution in [1.29, 1.82) is 0 Å². The van der Waals surface area contributed by atoms with E-state index in [1.54, 1.807) is 24.3 Å². The Morgan fingerprint density at radius 1 is 0.837 bits per heavy atom. The second-order valence-electron chi connectivity index (χ2n) is 12.0. The van der Waals surface area contributed by atoms with Crippen LogP contribution in [0.1, 0.15) is 41.2 Å². The molecule has 1 fully saturated rings. The third-order valence-corrected chi connectivity index (χ3v) is 8.63. The number of hydrogen-bond donors (Lipinski definition) is 3. The molecule has 4 aromatic carbocycles. The molecule has 9 heteroatoms. The lowest BCUT2D eigenvalue weighted by Crippen LogP contribution is -2.58. The molecule has 49 heavy (non-hydrogen) atoms. The maximum Gasteiger partial charge on any atom is 0.247 e. The lowest BCUT2D eigenvalue weighted by Gasteiger charge is -2.32. The van der Waals surface area contributed by atoms with Gasteiger partial charge in [0.25, 0.3) is 0 Å². The van der Waals surface area contributed by atoms with E-state index < -0.39 is 42.0 Å². The van der Waals surface area contributed by atoms with Gasteiger partial charge in [-0.1, -0.05) is 103 Å². The topological polar surface area (TPSA) is 117 Å². The monoisotopic (exact) mass is 654 g/mol. The van der Waals surface area contributed by atoms with E-state index in [0.717, 1.165) is 16.7 Å². The first-order chi connectivity index (χ1) is 23.9. The van der Waals surface area contributed by atoms with Crippen molar-refractivity contribution in [3.05, 3.63) is 150 Å². The van der Waals surface area contributed by atoms with E-state index in [-0.39, 0.29) is 12.3 Å². The van der Waals surface area contributed by atoms with Gasteiger partial charge in [0.2, 0.25) is 23.6 Å². The SMILES string of the molecule is O=C1NC=Cc2ccc(cc2)OC(c2ccccc2)C(NC(=O)C2CCCN2C(=O)C=Cc2ccccc2)C(=O)NC1Cc1ccccc1. The highest BCUT2D eigenvalue weighted by Crippen LogP contribution is 2.28. The lowest BCUT2D eigenvalue weighted by molar-refractivity contribution is -0.138. The summed E-state index contributed by atoms with van der Waals surface area (Å²) < 4.78 is 6.50. The summed E-state index contributed by atoms with van der Waals surface area (Å²) in [5.74, 6) is -1.30. The molecule has 3 N–H and O–H groups in total. The van der Waals surface area contributed by atoms with E-state index in [1.807, 2.05) is 103 Å². The van der Waals surface area contributed by atoms with Gasteiger partial charge >= 0.3 is 0 Å². The van der Waals surface area contributed by atoms with Crippen LogP contribution in [0.3, 0.4) is 0 Å². The number of amides is 4. The largest absolute Gasteiger partial charge is 0.483 e. The van der Waals surface area contributed by atoms with Gasteiger partial charge in [-0.3, -0.25) is 19.2 Å². The van der Waals surface area contributed by atoms with Gasteiger partial charge in [-0.2, -0.15) is 0 Å². The second-order valence-corrected chi connectivity index (χ2v) is 12.0. The van der Waals surface area contributed by atoms with Crippen molar-refractivity contribution in [1.82, 2.24) is 20.9 Å². The van der Waals surface area contributed by atoms with Gasteiger partial charge in [-0.05, 0) is 59.4 Å². The number of ether oxygens (including phenoxy) is 1. The highest BCUT2D eigenvalue weighted by Gasteiger charge is 2.40. The molecule has 248 valence electrons. The molecule has 4 atom stereocenters. The average Bonchev–Trinajstić information content (AvgIpc) is 3.64. The lowest BCUT2D eigenvalue weighted by atomic mass is 9.98. The number of carbonyl (C=O) groups excluding carboxylic acids is 4. The summed E-state index contributed by atoms with van der Waals surface area (Å²) in [6.07, 6.45) is 6.81. The third-order valence-electron chi connectivity index (χ3n) is 8.63. The minimum Gasteiger partial charge on any atom is -0.483 e. The van der Waals surface area contributed by atoms with Crippen LogP contribution in [0.4, 0.5) is 0 Å². The van der Waals surface area contributed by atoms with Crippen molar-refractivity contribution < 1.29 is 23.9 Å². The molecule has 0 aliphatic carbocycles. The Balaban J connectivity index is 1.33. The number of fused-ring (bicyclic) bond motifs is 10. The summed E-state index contributed by atoms with van der Waals surface area (Å²) in [4.78, 5) is 56.9. The Kier molecular flexibility index (Phi) is 10.6. The van der Waals surface area contributed by atoms with Crippen molar-refractivity contribution in [2.75, 3.05) is 6.54 Å². The summed E-state index contributed by atoms with van der Waals surface area (Å²) in [6.45, 7) is 0.407. The maximum atomic E-state index is 14.4. The van der Waals surface area contributed by atoms with E-state index in [4.69, 9.17) is 4.74 Å². The summed E-state index contributed by atoms with van der Waals surface area (Å²) in [5.41, 5.74) is 3.20. The molecule has 1 saturated heterocycles. The molecule has 3 heterocycles. The van der Waals surface area contributed by atoms with Crippen molar-refractivity contribution in [2.45, 2.75) is 43.5 Å². The molecule has 0 spiro atoms. The Hall–Kier alpha value is -5.96. The normalized spacial score (nSPS) is 21.0. The van der Waals surface area contributed by atoms with Crippen LogP contribution < -0.4 is 20.7 Å². The van der Waals surface area contributed by atoms with Crippen LogP contribution >= 0.6 is 0 Å². The fourth-order valence-electron chi connectivity index (χ4n) is 6.08. The summed E-state index contributed by atoms with van der Waals surface area (Å²) >= 11 is 0. The number of hydrogen-bond acceptors (Lipinski definition) is 5. The van der Waals surface area contributed by atoms with Crippen LogP contribution in [-0.4, -0.2) is 53.2 Å². The van der Waals surface area contributed by atoms with Gasteiger partial charge in [-0.25, -0.2) is 0 Å². The molecule has 0 saturated carbocycles. The Morgan fingerprint density at radius 2 is 1.51 bits per heavy atom. The molecule has 2 bridgehead atoms. The van der Waals surface area contributed by atoms with Gasteiger partial charge in [0.1, 0.15) is 23.9 Å². The molecule has 9 nitrogen and oxygen atoms in total. The van der Waals surface area contributed by atoms with Gasteiger partial charge < -0.3 is 25.6 Å². The number of carbonyl (C=O) groups is 4. The fourth-order valence-corrected chi connectivity index (χ4v) is 6.08. The van der Waals surface area contributed by atoms with E-state index in [1.165, 1.54) is 17.2 Å². The third kappa shape index (κ3) is 8.50. The van der Waals surface area contributed by atoms with Crippen LogP contribution in [0.5, 0.6) is 5.75 Å². The first-order valence-electron chi connectivity index (χ1n) is 16.4. The molecule has 4 amide bonds. The Bertz CT molecular complexity index is 1810. The van der Waals surface area contributed by atoms with Crippen molar-refractivity contribution in [3.8, 4) is 5.75 Å². The van der Waals surface area contributed by atoms with Gasteiger partial charge in [-0.15, -0.1) is 0 Å². The fraction of sp³-hybridized carbons (Fsp3) is 0.200. The van der Waals surface area contributed by atoms with Gasteiger partial charge in [0.15, 0.2) is 6.10 Å². The predicted octanol–water partition coefficient (Wildman–Crippen LogP) is 4.82. The van der Waals surface area contributed by atoms with Crippen LogP contribution in [-0.2, 0) is 25.6 Å². The second kappa shape index (κ2) is 15.8. The minimum absolute atomic E-state index is 0.218. The summed E-state index contributed by atoms with van der Waals surface area (Å²) in [5, 5.41) is 8.65. The van der Waals surface area contributed by atoms with Crippen LogP contribution in [0.25, 0.3) is 12.2 Å². The van der Waals surface area contributed by atoms with E-state index >= 15 is 0 Å². The number of likely N-dealkylation sites (tertiary alicyclic amines) is 1. The number of nitrogens with zero attached hydrogens (tertiary/aromatic N) is 1. The molecule has 3 aliphatic heterocycles. The number of nitrogens with one attached hydrogen (secondary N) is 3. The summed E-state index contributed by atoms with van der Waals surface area (Å²) in [6, 6.07) is 32.2. The van der Waals surface area contributed by atoms with Crippen molar-refractivity contribution in [2.24, 2.45) is 0 Å². The maximum absolute atomic E-state index is 14.4. The minimum atomic E-state index is -1.27. The quantitative estimate of drug-likeness (QED) is 0.247. The Labute approximate surface area is 285 Å². The first-order valence-corrected chi connectivity index (χ1v) is 16.4. The zero-order valence-electron chi connectivity index (χ0n) is 26.9. The zero-order valence-corrected chi connectivity index (χ0v) is 26.9. The van der Waals surface area contributed by atoms with E-state index in [0.29, 0.717) is 30.7 Å². The number of rotatable bonds is 7. The predicted molar refractivity (Wildman–Crippen MR) is 188 cm³/mol. The van der Waals surface area contributed by atoms with Crippen LogP contribution in [0.2, 0.25) is 0 Å². The first kappa shape index (κ1) is 33.0. The van der Waals surface area contributed by atoms with E-state index in [9.17, 15) is 19.2 Å². The number of benzene rings is 4. The smallest absolute Gasteiger partial charge is 0.247 e. The molecule has 7 rings (SSSR count). The van der Waals surface area contributed by atoms with E-state index in [2.05, 4.69) is 16.0 Å². The molecule has 0 radical (unpaired) electrons. The van der Waals surface area contributed by atoms with Gasteiger partial charge in [0, 0.05) is 25.2 Å². The molecule has 4 unspecified atom stereocenters. The molecule has 3 aliphatic rings. The average molecular weight is 655 g/mol. The molecule has 0 aromatic heterocycles. The zero-order chi connectivity index (χ0) is 34.0. The molecular formula is C40H38N4O5. The summed E-state index contributed by atoms with van der Waals surface area (Å²) in [7, 11) is 0. The van der Waals surface area contributed by atoms with Gasteiger partial charge in [0.05, 0.1) is 0 Å². The standard InChI is InChI=1S/C40H38N4O5/c45-35(23-20-28-11-4-1-5-12-28)44-26-10-17-34(44)39(47)43-36-37(31-15-8-3-9-16-31)49-32-21-18-29(19-22-32)24-25-41-38(46)33(42-40(36)48)27-30-13-6-2-7-14-30/h1-9,11-16,18-25,33-34,36-37H,10,17,26-27H2,(H,41,46)(H,42,48)(H,43,47). The van der Waals surface area contributed by atoms with Crippen LogP contribution in [0, 0.1) is 0 Å². The Morgan fingerprint density at radius 3 is 2.22 bits per heavy atom. The van der Waals surface area contributed by atoms with Crippen molar-refractivity contribution >= 4 is 35.8 Å². The molecule has 4 aromatic rings. The van der Waals surface area contributed by atoms with Crippen LogP contribution in [0.15, 0.2) is 128 Å². The van der Waals surface area contributed by atoms with Crippen molar-refractivity contribution in [3.63, 3.8) is 0 Å². The molecular weight excluding hydrogens is 616 g/mol. The highest BCUT2D eigenvalue weighted by molar-refractivity contribution is 5.98. The highest BCUT2D eigenvalue weighted by atomic mass is 16.5.